The number of ether oxygens (including phenoxy) is 2. The van der Waals surface area contributed by atoms with E-state index in [0.29, 0.717) is 6.61 Å². The van der Waals surface area contributed by atoms with E-state index >= 15 is 0 Å². The fourth-order valence-corrected chi connectivity index (χ4v) is 4.10. The molecule has 5 heteroatoms. The first kappa shape index (κ1) is 17.7. The lowest BCUT2D eigenvalue weighted by atomic mass is 10.00. The Morgan fingerprint density at radius 1 is 1.21 bits per heavy atom. The molecule has 0 aliphatic carbocycles. The molecule has 2 saturated heterocycles. The maximum absolute atomic E-state index is 12.5. The van der Waals surface area contributed by atoms with Gasteiger partial charge in [0.15, 0.2) is 0 Å². The number of benzene rings is 1. The van der Waals surface area contributed by atoms with Crippen LogP contribution in [-0.4, -0.2) is 34.8 Å². The quantitative estimate of drug-likeness (QED) is 0.730. The van der Waals surface area contributed by atoms with Gasteiger partial charge in [-0.25, -0.2) is 4.79 Å². The lowest BCUT2D eigenvalue weighted by molar-refractivity contribution is -0.0397. The molecule has 2 aliphatic rings. The summed E-state index contributed by atoms with van der Waals surface area (Å²) in [5.41, 5.74) is 0.725. The summed E-state index contributed by atoms with van der Waals surface area (Å²) in [7, 11) is 0. The monoisotopic (exact) mass is 395 g/mol. The molecule has 0 aromatic heterocycles. The third-order valence-corrected chi connectivity index (χ3v) is 5.50. The molecule has 1 aromatic carbocycles. The van der Waals surface area contributed by atoms with Crippen LogP contribution in [0.15, 0.2) is 28.7 Å². The first-order valence-corrected chi connectivity index (χ1v) is 9.49. The Labute approximate surface area is 152 Å². The number of halogens is 1. The minimum Gasteiger partial charge on any atom is -0.444 e. The molecule has 2 unspecified atom stereocenters. The van der Waals surface area contributed by atoms with Crippen LogP contribution in [0.4, 0.5) is 4.79 Å². The highest BCUT2D eigenvalue weighted by atomic mass is 79.9. The zero-order valence-electron chi connectivity index (χ0n) is 14.6. The zero-order chi connectivity index (χ0) is 17.3. The molecule has 24 heavy (non-hydrogen) atoms. The van der Waals surface area contributed by atoms with Gasteiger partial charge in [-0.1, -0.05) is 34.1 Å². The van der Waals surface area contributed by atoms with Gasteiger partial charge in [0.2, 0.25) is 0 Å². The topological polar surface area (TPSA) is 38.8 Å². The number of carbonyl (C=O) groups excluding carboxylic acids is 1. The second-order valence-corrected chi connectivity index (χ2v) is 8.62. The van der Waals surface area contributed by atoms with E-state index in [1.807, 2.05) is 43.9 Å². The minimum absolute atomic E-state index is 0.167. The highest BCUT2D eigenvalue weighted by Gasteiger charge is 2.45. The summed E-state index contributed by atoms with van der Waals surface area (Å²) in [5.74, 6) is 0. The second-order valence-electron chi connectivity index (χ2n) is 7.77. The maximum Gasteiger partial charge on any atom is 0.410 e. The SMILES string of the molecule is CC(C)(C)OC(=O)N1C2CCC1CC(OCc1ccccc1Br)C2. The molecule has 2 fully saturated rings. The number of nitrogens with zero attached hydrogens (tertiary/aromatic N) is 1. The molecular weight excluding hydrogens is 370 g/mol. The molecule has 0 spiro atoms. The largest absolute Gasteiger partial charge is 0.444 e. The summed E-state index contributed by atoms with van der Waals surface area (Å²) < 4.78 is 12.8. The van der Waals surface area contributed by atoms with Crippen molar-refractivity contribution < 1.29 is 14.3 Å². The van der Waals surface area contributed by atoms with Crippen LogP contribution in [0.3, 0.4) is 0 Å². The van der Waals surface area contributed by atoms with E-state index in [9.17, 15) is 4.79 Å². The van der Waals surface area contributed by atoms with Crippen molar-refractivity contribution in [2.45, 2.75) is 76.9 Å². The molecule has 4 nitrogen and oxygen atoms in total. The number of hydrogen-bond donors (Lipinski definition) is 0. The summed E-state index contributed by atoms with van der Waals surface area (Å²) in [4.78, 5) is 14.4. The summed E-state index contributed by atoms with van der Waals surface area (Å²) in [6.07, 6.45) is 3.96. The van der Waals surface area contributed by atoms with Crippen LogP contribution >= 0.6 is 15.9 Å². The molecule has 0 N–H and O–H groups in total. The lowest BCUT2D eigenvalue weighted by Gasteiger charge is -2.39. The zero-order valence-corrected chi connectivity index (χ0v) is 16.2. The van der Waals surface area contributed by atoms with Crippen LogP contribution in [0.25, 0.3) is 0 Å². The van der Waals surface area contributed by atoms with Gasteiger partial charge in [0, 0.05) is 16.6 Å². The highest BCUT2D eigenvalue weighted by molar-refractivity contribution is 9.10. The average molecular weight is 396 g/mol. The van der Waals surface area contributed by atoms with E-state index in [1.54, 1.807) is 0 Å². The van der Waals surface area contributed by atoms with E-state index in [0.717, 1.165) is 30.2 Å². The summed E-state index contributed by atoms with van der Waals surface area (Å²) in [6.45, 7) is 6.36. The van der Waals surface area contributed by atoms with Crippen molar-refractivity contribution in [3.8, 4) is 0 Å². The Bertz CT molecular complexity index is 585. The minimum atomic E-state index is -0.441. The molecule has 1 aromatic rings. The smallest absolute Gasteiger partial charge is 0.410 e. The van der Waals surface area contributed by atoms with Crippen molar-refractivity contribution in [2.24, 2.45) is 0 Å². The van der Waals surface area contributed by atoms with E-state index in [1.165, 1.54) is 5.56 Å². The third kappa shape index (κ3) is 4.12. The molecule has 2 atom stereocenters. The first-order chi connectivity index (χ1) is 11.3. The van der Waals surface area contributed by atoms with Gasteiger partial charge in [-0.2, -0.15) is 0 Å². The highest BCUT2D eigenvalue weighted by Crippen LogP contribution is 2.38. The molecular formula is C19H26BrNO3. The van der Waals surface area contributed by atoms with Crippen LogP contribution < -0.4 is 0 Å². The standard InChI is InChI=1S/C19H26BrNO3/c1-19(2,3)24-18(22)21-14-8-9-15(21)11-16(10-14)23-12-13-6-4-5-7-17(13)20/h4-7,14-16H,8-12H2,1-3H3. The van der Waals surface area contributed by atoms with Crippen molar-refractivity contribution in [1.29, 1.82) is 0 Å². The first-order valence-electron chi connectivity index (χ1n) is 8.70. The van der Waals surface area contributed by atoms with Gasteiger partial charge in [0.05, 0.1) is 12.7 Å². The Balaban J connectivity index is 1.57. The van der Waals surface area contributed by atoms with Gasteiger partial charge >= 0.3 is 6.09 Å². The lowest BCUT2D eigenvalue weighted by Crippen LogP contribution is -2.50. The van der Waals surface area contributed by atoms with Gasteiger partial charge in [-0.15, -0.1) is 0 Å². The Morgan fingerprint density at radius 2 is 1.83 bits per heavy atom. The Morgan fingerprint density at radius 3 is 2.42 bits per heavy atom. The van der Waals surface area contributed by atoms with Crippen LogP contribution in [0.2, 0.25) is 0 Å². The Hall–Kier alpha value is -1.07. The number of amides is 1. The van der Waals surface area contributed by atoms with Crippen molar-refractivity contribution in [1.82, 2.24) is 4.90 Å². The van der Waals surface area contributed by atoms with Crippen molar-refractivity contribution in [2.75, 3.05) is 0 Å². The van der Waals surface area contributed by atoms with E-state index < -0.39 is 5.60 Å². The van der Waals surface area contributed by atoms with Crippen LogP contribution in [-0.2, 0) is 16.1 Å². The molecule has 2 heterocycles. The van der Waals surface area contributed by atoms with Gasteiger partial charge in [0.25, 0.3) is 0 Å². The van der Waals surface area contributed by atoms with E-state index in [-0.39, 0.29) is 24.3 Å². The number of hydrogen-bond acceptors (Lipinski definition) is 3. The van der Waals surface area contributed by atoms with Gasteiger partial charge in [-0.05, 0) is 58.1 Å². The Kier molecular flexibility index (Phi) is 5.21. The third-order valence-electron chi connectivity index (χ3n) is 4.73. The summed E-state index contributed by atoms with van der Waals surface area (Å²) >= 11 is 3.56. The number of fused-ring (bicyclic) bond motifs is 2. The van der Waals surface area contributed by atoms with Crippen LogP contribution in [0.5, 0.6) is 0 Å². The van der Waals surface area contributed by atoms with Crippen LogP contribution in [0.1, 0.15) is 52.0 Å². The van der Waals surface area contributed by atoms with Crippen molar-refractivity contribution in [3.05, 3.63) is 34.3 Å². The van der Waals surface area contributed by atoms with Gasteiger partial charge < -0.3 is 14.4 Å². The van der Waals surface area contributed by atoms with E-state index in [2.05, 4.69) is 22.0 Å². The average Bonchev–Trinajstić information content (AvgIpc) is 2.76. The molecule has 2 aliphatic heterocycles. The molecule has 1 amide bonds. The summed E-state index contributed by atoms with van der Waals surface area (Å²) in [6, 6.07) is 8.65. The maximum atomic E-state index is 12.5. The second kappa shape index (κ2) is 7.04. The molecule has 2 bridgehead atoms. The predicted molar refractivity (Wildman–Crippen MR) is 96.8 cm³/mol. The van der Waals surface area contributed by atoms with Crippen molar-refractivity contribution in [3.63, 3.8) is 0 Å². The fraction of sp³-hybridized carbons (Fsp3) is 0.632. The van der Waals surface area contributed by atoms with Gasteiger partial charge in [0.1, 0.15) is 5.60 Å². The predicted octanol–water partition coefficient (Wildman–Crippen LogP) is 4.90. The number of carbonyl (C=O) groups is 1. The van der Waals surface area contributed by atoms with Crippen LogP contribution in [0, 0.1) is 0 Å². The molecule has 0 radical (unpaired) electrons. The fourth-order valence-electron chi connectivity index (χ4n) is 3.70. The molecule has 0 saturated carbocycles. The number of rotatable bonds is 3. The summed E-state index contributed by atoms with van der Waals surface area (Å²) in [5, 5.41) is 0. The molecule has 3 rings (SSSR count). The van der Waals surface area contributed by atoms with Crippen molar-refractivity contribution >= 4 is 22.0 Å². The number of piperidine rings is 1. The van der Waals surface area contributed by atoms with Gasteiger partial charge in [-0.3, -0.25) is 0 Å². The van der Waals surface area contributed by atoms with E-state index in [4.69, 9.17) is 9.47 Å². The normalized spacial score (nSPS) is 26.5. The molecule has 132 valence electrons.